The van der Waals surface area contributed by atoms with Gasteiger partial charge in [-0.2, -0.15) is 0 Å². The van der Waals surface area contributed by atoms with E-state index in [0.29, 0.717) is 5.92 Å². The maximum atomic E-state index is 4.17. The van der Waals surface area contributed by atoms with Gasteiger partial charge in [0.2, 0.25) is 0 Å². The van der Waals surface area contributed by atoms with Gasteiger partial charge in [-0.05, 0) is 46.2 Å². The average molecular weight is 298 g/mol. The Balaban J connectivity index is 2.62. The first kappa shape index (κ1) is 9.83. The van der Waals surface area contributed by atoms with Gasteiger partial charge in [0.1, 0.15) is 3.70 Å². The second-order valence-corrected chi connectivity index (χ2v) is 4.75. The molecule has 0 N–H and O–H groups in total. The van der Waals surface area contributed by atoms with Crippen LogP contribution < -0.4 is 0 Å². The molecule has 0 saturated heterocycles. The number of halogens is 1. The lowest BCUT2D eigenvalue weighted by Crippen LogP contribution is -1.91. The first-order valence-electron chi connectivity index (χ1n) is 4.59. The van der Waals surface area contributed by atoms with Crippen molar-refractivity contribution in [2.45, 2.75) is 19.8 Å². The maximum absolute atomic E-state index is 4.17. The van der Waals surface area contributed by atoms with Gasteiger partial charge in [0.15, 0.2) is 0 Å². The summed E-state index contributed by atoms with van der Waals surface area (Å²) in [6, 6.07) is 8.43. The van der Waals surface area contributed by atoms with Gasteiger partial charge in [0.25, 0.3) is 0 Å². The van der Waals surface area contributed by atoms with Crippen LogP contribution in [0.1, 0.15) is 25.3 Å². The van der Waals surface area contributed by atoms with Crippen LogP contribution in [0.2, 0.25) is 0 Å². The van der Waals surface area contributed by atoms with Gasteiger partial charge in [-0.3, -0.25) is 0 Å². The Morgan fingerprint density at radius 1 is 1.14 bits per heavy atom. The highest BCUT2D eigenvalue weighted by Crippen LogP contribution is 2.20. The van der Waals surface area contributed by atoms with Gasteiger partial charge in [-0.25, -0.2) is 0 Å². The molecule has 0 fully saturated rings. The Labute approximate surface area is 96.9 Å². The topological polar surface area (TPSA) is 25.8 Å². The maximum Gasteiger partial charge on any atom is 0.124 e. The summed E-state index contributed by atoms with van der Waals surface area (Å²) in [5.74, 6) is 0.542. The molecule has 1 aromatic carbocycles. The van der Waals surface area contributed by atoms with Crippen molar-refractivity contribution in [2.24, 2.45) is 0 Å². The highest BCUT2D eigenvalue weighted by atomic mass is 127. The molecule has 0 radical (unpaired) electrons. The van der Waals surface area contributed by atoms with Crippen molar-refractivity contribution in [1.29, 1.82) is 0 Å². The van der Waals surface area contributed by atoms with E-state index in [0.717, 1.165) is 14.6 Å². The molecule has 3 heteroatoms. The Hall–Kier alpha value is -0.710. The summed E-state index contributed by atoms with van der Waals surface area (Å²) >= 11 is 2.18. The fourth-order valence-corrected chi connectivity index (χ4v) is 1.83. The Morgan fingerprint density at radius 2 is 1.93 bits per heavy atom. The molecule has 72 valence electrons. The van der Waals surface area contributed by atoms with E-state index in [1.165, 1.54) is 5.56 Å². The molecule has 0 amide bonds. The molecule has 0 unspecified atom stereocenters. The van der Waals surface area contributed by atoms with Gasteiger partial charge < -0.3 is 0 Å². The van der Waals surface area contributed by atoms with Crippen LogP contribution >= 0.6 is 22.6 Å². The lowest BCUT2D eigenvalue weighted by Gasteiger charge is -2.05. The zero-order chi connectivity index (χ0) is 10.1. The van der Waals surface area contributed by atoms with Crippen LogP contribution in [-0.4, -0.2) is 10.2 Å². The molecule has 14 heavy (non-hydrogen) atoms. The zero-order valence-corrected chi connectivity index (χ0v) is 10.3. The van der Waals surface area contributed by atoms with Crippen LogP contribution in [0, 0.1) is 3.70 Å². The highest BCUT2D eigenvalue weighted by molar-refractivity contribution is 14.1. The summed E-state index contributed by atoms with van der Waals surface area (Å²) in [7, 11) is 0. The SMILES string of the molecule is CC(C)c1ccc2cc(I)nnc2c1. The second kappa shape index (κ2) is 3.81. The molecule has 0 bridgehead atoms. The van der Waals surface area contributed by atoms with E-state index in [2.05, 4.69) is 64.8 Å². The quantitative estimate of drug-likeness (QED) is 0.754. The molecule has 0 saturated carbocycles. The molecule has 0 aliphatic carbocycles. The van der Waals surface area contributed by atoms with E-state index in [1.807, 2.05) is 6.07 Å². The molecular formula is C11H11IN2. The molecule has 2 rings (SSSR count). The number of aromatic nitrogens is 2. The monoisotopic (exact) mass is 298 g/mol. The number of fused-ring (bicyclic) bond motifs is 1. The lowest BCUT2D eigenvalue weighted by atomic mass is 10.0. The molecule has 0 spiro atoms. The van der Waals surface area contributed by atoms with Crippen LogP contribution in [-0.2, 0) is 0 Å². The number of hydrogen-bond donors (Lipinski definition) is 0. The van der Waals surface area contributed by atoms with Crippen molar-refractivity contribution in [2.75, 3.05) is 0 Å². The van der Waals surface area contributed by atoms with Crippen LogP contribution in [0.5, 0.6) is 0 Å². The first-order chi connectivity index (χ1) is 6.66. The van der Waals surface area contributed by atoms with Gasteiger partial charge in [-0.1, -0.05) is 26.0 Å². The standard InChI is InChI=1S/C11H11IN2/c1-7(2)8-3-4-9-6-11(12)14-13-10(9)5-8/h3-7H,1-2H3. The normalized spacial score (nSPS) is 11.1. The summed E-state index contributed by atoms with van der Waals surface area (Å²) in [5, 5.41) is 9.37. The third-order valence-electron chi connectivity index (χ3n) is 2.25. The summed E-state index contributed by atoms with van der Waals surface area (Å²) in [4.78, 5) is 0. The van der Waals surface area contributed by atoms with Crippen molar-refractivity contribution >= 4 is 33.5 Å². The van der Waals surface area contributed by atoms with Gasteiger partial charge in [0, 0.05) is 5.39 Å². The zero-order valence-electron chi connectivity index (χ0n) is 8.16. The third-order valence-corrected chi connectivity index (χ3v) is 2.78. The van der Waals surface area contributed by atoms with Crippen LogP contribution in [0.15, 0.2) is 24.3 Å². The van der Waals surface area contributed by atoms with Crippen molar-refractivity contribution in [3.05, 3.63) is 33.5 Å². The van der Waals surface area contributed by atoms with E-state index in [-0.39, 0.29) is 0 Å². The predicted molar refractivity (Wildman–Crippen MR) is 66.3 cm³/mol. The molecule has 1 heterocycles. The summed E-state index contributed by atoms with van der Waals surface area (Å²) in [6.45, 7) is 4.36. The van der Waals surface area contributed by atoms with Crippen molar-refractivity contribution in [1.82, 2.24) is 10.2 Å². The van der Waals surface area contributed by atoms with Crippen molar-refractivity contribution < 1.29 is 0 Å². The summed E-state index contributed by atoms with van der Waals surface area (Å²) < 4.78 is 0.937. The molecule has 0 atom stereocenters. The minimum absolute atomic E-state index is 0.542. The van der Waals surface area contributed by atoms with E-state index in [1.54, 1.807) is 0 Å². The van der Waals surface area contributed by atoms with Crippen molar-refractivity contribution in [3.63, 3.8) is 0 Å². The molecule has 2 aromatic rings. The van der Waals surface area contributed by atoms with E-state index in [9.17, 15) is 0 Å². The number of hydrogen-bond acceptors (Lipinski definition) is 2. The minimum atomic E-state index is 0.542. The van der Waals surface area contributed by atoms with Crippen LogP contribution in [0.4, 0.5) is 0 Å². The molecule has 0 aliphatic rings. The van der Waals surface area contributed by atoms with E-state index >= 15 is 0 Å². The minimum Gasteiger partial charge on any atom is -0.149 e. The Bertz CT molecular complexity index is 466. The lowest BCUT2D eigenvalue weighted by molar-refractivity contribution is 0.867. The van der Waals surface area contributed by atoms with Gasteiger partial charge >= 0.3 is 0 Å². The second-order valence-electron chi connectivity index (χ2n) is 3.64. The number of rotatable bonds is 1. The Kier molecular flexibility index (Phi) is 2.67. The fraction of sp³-hybridized carbons (Fsp3) is 0.273. The van der Waals surface area contributed by atoms with Crippen LogP contribution in [0.25, 0.3) is 10.9 Å². The molecule has 1 aromatic heterocycles. The van der Waals surface area contributed by atoms with E-state index in [4.69, 9.17) is 0 Å². The Morgan fingerprint density at radius 3 is 2.64 bits per heavy atom. The van der Waals surface area contributed by atoms with Crippen LogP contribution in [0.3, 0.4) is 0 Å². The molecular weight excluding hydrogens is 287 g/mol. The number of nitrogens with zero attached hydrogens (tertiary/aromatic N) is 2. The largest absolute Gasteiger partial charge is 0.149 e. The summed E-state index contributed by atoms with van der Waals surface area (Å²) in [5.41, 5.74) is 2.30. The van der Waals surface area contributed by atoms with Crippen molar-refractivity contribution in [3.8, 4) is 0 Å². The first-order valence-corrected chi connectivity index (χ1v) is 5.67. The summed E-state index contributed by atoms with van der Waals surface area (Å²) in [6.07, 6.45) is 0. The fourth-order valence-electron chi connectivity index (χ4n) is 1.39. The third kappa shape index (κ3) is 1.87. The van der Waals surface area contributed by atoms with E-state index < -0.39 is 0 Å². The molecule has 0 aliphatic heterocycles. The predicted octanol–water partition coefficient (Wildman–Crippen LogP) is 3.36. The number of benzene rings is 1. The highest BCUT2D eigenvalue weighted by Gasteiger charge is 2.02. The van der Waals surface area contributed by atoms with Gasteiger partial charge in [0.05, 0.1) is 5.52 Å². The smallest absolute Gasteiger partial charge is 0.124 e. The molecule has 2 nitrogen and oxygen atoms in total. The average Bonchev–Trinajstić information content (AvgIpc) is 2.16. The van der Waals surface area contributed by atoms with Gasteiger partial charge in [-0.15, -0.1) is 10.2 Å².